The van der Waals surface area contributed by atoms with E-state index in [2.05, 4.69) is 9.46 Å². The molecule has 6 nitrogen and oxygen atoms in total. The van der Waals surface area contributed by atoms with Crippen LogP contribution < -0.4 is 9.44 Å². The summed E-state index contributed by atoms with van der Waals surface area (Å²) in [6.07, 6.45) is 0.349. The number of hydrogen-bond donors (Lipinski definition) is 2. The number of amides is 1. The number of ether oxygens (including phenoxy) is 1. The minimum atomic E-state index is -3.93. The van der Waals surface area contributed by atoms with Crippen LogP contribution >= 0.6 is 11.6 Å². The standard InChI is InChI=1S/C11H23ClN2O4S/c1-5-9(6-2)10(12)7-13-19(16,17)14-11(15)18-8(3)4/h8-10,13H,5-7H2,1-4H3,(H,14,15). The Morgan fingerprint density at radius 1 is 1.26 bits per heavy atom. The molecule has 0 aromatic rings. The molecule has 1 atom stereocenters. The first-order valence-electron chi connectivity index (χ1n) is 6.33. The van der Waals surface area contributed by atoms with E-state index in [1.165, 1.54) is 0 Å². The molecule has 2 N–H and O–H groups in total. The van der Waals surface area contributed by atoms with Gasteiger partial charge in [0.05, 0.1) is 6.10 Å². The molecule has 0 radical (unpaired) electrons. The summed E-state index contributed by atoms with van der Waals surface area (Å²) in [7, 11) is -3.93. The third-order valence-electron chi connectivity index (χ3n) is 2.59. The predicted molar refractivity (Wildman–Crippen MR) is 75.4 cm³/mol. The summed E-state index contributed by atoms with van der Waals surface area (Å²) in [5.74, 6) is 0.229. The highest BCUT2D eigenvalue weighted by atomic mass is 35.5. The zero-order chi connectivity index (χ0) is 15.1. The van der Waals surface area contributed by atoms with Crippen molar-refractivity contribution in [2.24, 2.45) is 5.92 Å². The van der Waals surface area contributed by atoms with E-state index in [-0.39, 0.29) is 23.9 Å². The second-order valence-corrected chi connectivity index (χ2v) is 6.56. The van der Waals surface area contributed by atoms with E-state index in [4.69, 9.17) is 11.6 Å². The molecular weight excluding hydrogens is 292 g/mol. The van der Waals surface area contributed by atoms with Crippen molar-refractivity contribution in [3.8, 4) is 0 Å². The first-order chi connectivity index (χ1) is 8.71. The number of carbonyl (C=O) groups is 1. The Labute approximate surface area is 120 Å². The lowest BCUT2D eigenvalue weighted by Gasteiger charge is -2.19. The lowest BCUT2D eigenvalue weighted by molar-refractivity contribution is 0.121. The fraction of sp³-hybridized carbons (Fsp3) is 0.909. The molecule has 114 valence electrons. The summed E-state index contributed by atoms with van der Waals surface area (Å²) >= 11 is 6.10. The molecule has 0 spiro atoms. The van der Waals surface area contributed by atoms with Gasteiger partial charge < -0.3 is 4.74 Å². The van der Waals surface area contributed by atoms with Gasteiger partial charge in [-0.3, -0.25) is 0 Å². The van der Waals surface area contributed by atoms with Gasteiger partial charge in [-0.05, 0) is 19.8 Å². The van der Waals surface area contributed by atoms with Crippen molar-refractivity contribution in [3.63, 3.8) is 0 Å². The maximum Gasteiger partial charge on any atom is 0.422 e. The molecule has 0 aromatic carbocycles. The summed E-state index contributed by atoms with van der Waals surface area (Å²) in [6.45, 7) is 7.31. The molecule has 0 rings (SSSR count). The van der Waals surface area contributed by atoms with Crippen LogP contribution in [0.1, 0.15) is 40.5 Å². The molecular formula is C11H23ClN2O4S. The quantitative estimate of drug-likeness (QED) is 0.671. The summed E-state index contributed by atoms with van der Waals surface area (Å²) in [5.41, 5.74) is 0. The fourth-order valence-electron chi connectivity index (χ4n) is 1.54. The Balaban J connectivity index is 4.27. The van der Waals surface area contributed by atoms with E-state index < -0.39 is 16.3 Å². The van der Waals surface area contributed by atoms with E-state index in [0.717, 1.165) is 12.8 Å². The lowest BCUT2D eigenvalue weighted by atomic mass is 9.99. The van der Waals surface area contributed by atoms with Gasteiger partial charge in [-0.1, -0.05) is 26.7 Å². The van der Waals surface area contributed by atoms with Crippen LogP contribution in [0.3, 0.4) is 0 Å². The Bertz CT molecular complexity index is 369. The van der Waals surface area contributed by atoms with Crippen LogP contribution in [0.2, 0.25) is 0 Å². The molecule has 0 aliphatic heterocycles. The molecule has 0 aliphatic carbocycles. The highest BCUT2D eigenvalue weighted by Crippen LogP contribution is 2.17. The van der Waals surface area contributed by atoms with Crippen LogP contribution in [0, 0.1) is 5.92 Å². The Kier molecular flexibility index (Phi) is 8.36. The maximum atomic E-state index is 11.5. The molecule has 0 bridgehead atoms. The van der Waals surface area contributed by atoms with Crippen LogP contribution in [0.5, 0.6) is 0 Å². The van der Waals surface area contributed by atoms with Gasteiger partial charge in [0.2, 0.25) is 0 Å². The number of rotatable bonds is 8. The third kappa shape index (κ3) is 8.28. The maximum absolute atomic E-state index is 11.5. The summed E-state index contributed by atoms with van der Waals surface area (Å²) < 4.78 is 31.8. The number of nitrogens with one attached hydrogen (secondary N) is 2. The Morgan fingerprint density at radius 2 is 1.79 bits per heavy atom. The normalized spacial score (nSPS) is 13.6. The molecule has 0 heterocycles. The molecule has 0 saturated carbocycles. The largest absolute Gasteiger partial charge is 0.446 e. The van der Waals surface area contributed by atoms with Crippen molar-refractivity contribution in [2.75, 3.05) is 6.54 Å². The smallest absolute Gasteiger partial charge is 0.422 e. The first-order valence-corrected chi connectivity index (χ1v) is 8.25. The number of alkyl halides is 1. The van der Waals surface area contributed by atoms with Crippen molar-refractivity contribution < 1.29 is 17.9 Å². The van der Waals surface area contributed by atoms with Gasteiger partial charge in [0.25, 0.3) is 0 Å². The molecule has 0 saturated heterocycles. The van der Waals surface area contributed by atoms with Crippen molar-refractivity contribution in [3.05, 3.63) is 0 Å². The van der Waals surface area contributed by atoms with Crippen LogP contribution in [-0.2, 0) is 14.9 Å². The van der Waals surface area contributed by atoms with Crippen LogP contribution in [-0.4, -0.2) is 32.5 Å². The van der Waals surface area contributed by atoms with Gasteiger partial charge in [-0.25, -0.2) is 9.52 Å². The van der Waals surface area contributed by atoms with E-state index in [0.29, 0.717) is 0 Å². The van der Waals surface area contributed by atoms with Gasteiger partial charge in [-0.15, -0.1) is 11.6 Å². The summed E-state index contributed by atoms with van der Waals surface area (Å²) in [6, 6.07) is 0. The molecule has 1 unspecified atom stereocenters. The second kappa shape index (κ2) is 8.60. The number of carbonyl (C=O) groups excluding carboxylic acids is 1. The highest BCUT2D eigenvalue weighted by Gasteiger charge is 2.20. The molecule has 19 heavy (non-hydrogen) atoms. The fourth-order valence-corrected chi connectivity index (χ4v) is 2.80. The summed E-state index contributed by atoms with van der Waals surface area (Å²) in [5, 5.41) is -0.312. The molecule has 0 fully saturated rings. The zero-order valence-corrected chi connectivity index (χ0v) is 13.3. The van der Waals surface area contributed by atoms with Gasteiger partial charge in [-0.2, -0.15) is 13.1 Å². The third-order valence-corrected chi connectivity index (χ3v) is 4.08. The lowest BCUT2D eigenvalue weighted by Crippen LogP contribution is -2.44. The van der Waals surface area contributed by atoms with Crippen molar-refractivity contribution in [1.82, 2.24) is 9.44 Å². The van der Waals surface area contributed by atoms with Gasteiger partial charge >= 0.3 is 16.3 Å². The molecule has 1 amide bonds. The number of halogens is 1. The highest BCUT2D eigenvalue weighted by molar-refractivity contribution is 7.88. The molecule has 0 aliphatic rings. The van der Waals surface area contributed by atoms with Crippen LogP contribution in [0.15, 0.2) is 0 Å². The predicted octanol–water partition coefficient (Wildman–Crippen LogP) is 2.00. The van der Waals surface area contributed by atoms with Gasteiger partial charge in [0.15, 0.2) is 0 Å². The van der Waals surface area contributed by atoms with Crippen LogP contribution in [0.25, 0.3) is 0 Å². The van der Waals surface area contributed by atoms with E-state index in [9.17, 15) is 13.2 Å². The monoisotopic (exact) mass is 314 g/mol. The van der Waals surface area contributed by atoms with E-state index in [1.54, 1.807) is 18.6 Å². The van der Waals surface area contributed by atoms with Crippen molar-refractivity contribution in [1.29, 1.82) is 0 Å². The topological polar surface area (TPSA) is 84.5 Å². The average Bonchev–Trinajstić information content (AvgIpc) is 2.26. The van der Waals surface area contributed by atoms with E-state index in [1.807, 2.05) is 13.8 Å². The molecule has 8 heteroatoms. The molecule has 0 aromatic heterocycles. The number of hydrogen-bond acceptors (Lipinski definition) is 4. The zero-order valence-electron chi connectivity index (χ0n) is 11.8. The minimum absolute atomic E-state index is 0.0677. The second-order valence-electron chi connectivity index (χ2n) is 4.50. The SMILES string of the molecule is CCC(CC)C(Cl)CNS(=O)(=O)NC(=O)OC(C)C. The van der Waals surface area contributed by atoms with Crippen molar-refractivity contribution >= 4 is 27.9 Å². The Morgan fingerprint density at radius 3 is 2.21 bits per heavy atom. The first kappa shape index (κ1) is 18.5. The summed E-state index contributed by atoms with van der Waals surface area (Å²) in [4.78, 5) is 11.2. The van der Waals surface area contributed by atoms with Crippen LogP contribution in [0.4, 0.5) is 4.79 Å². The van der Waals surface area contributed by atoms with E-state index >= 15 is 0 Å². The Hall–Kier alpha value is -0.530. The van der Waals surface area contributed by atoms with Gasteiger partial charge in [0.1, 0.15) is 0 Å². The van der Waals surface area contributed by atoms with Gasteiger partial charge in [0, 0.05) is 11.9 Å². The average molecular weight is 315 g/mol. The minimum Gasteiger partial charge on any atom is -0.446 e. The van der Waals surface area contributed by atoms with Crippen molar-refractivity contribution in [2.45, 2.75) is 52.0 Å².